The number of pyridine rings is 1. The molecule has 0 amide bonds. The van der Waals surface area contributed by atoms with Gasteiger partial charge >= 0.3 is 0 Å². The Morgan fingerprint density at radius 3 is 2.96 bits per heavy atom. The van der Waals surface area contributed by atoms with E-state index in [0.717, 1.165) is 25.1 Å². The van der Waals surface area contributed by atoms with Crippen LogP contribution in [0, 0.1) is 6.92 Å². The number of aliphatic hydroxyl groups is 1. The Kier molecular flexibility index (Phi) is 3.89. The standard InChI is InChI=1S/C21H25N3O/c1-14-9-15(11-21(2,25)16-5-4-7-22-12-16)20-17(10-14)18-13-24(3)8-6-19(18)23-20/h4-5,7,9-10,12,23,25H,6,8,11,13H2,1-3H3. The zero-order chi connectivity index (χ0) is 17.6. The van der Waals surface area contributed by atoms with Crippen LogP contribution in [-0.4, -0.2) is 33.6 Å². The maximum absolute atomic E-state index is 11.1. The molecule has 0 saturated carbocycles. The molecule has 25 heavy (non-hydrogen) atoms. The van der Waals surface area contributed by atoms with E-state index in [-0.39, 0.29) is 0 Å². The van der Waals surface area contributed by atoms with Gasteiger partial charge in [0.15, 0.2) is 0 Å². The van der Waals surface area contributed by atoms with Crippen LogP contribution in [0.15, 0.2) is 36.7 Å². The normalized spacial score (nSPS) is 17.4. The van der Waals surface area contributed by atoms with Crippen molar-refractivity contribution in [3.63, 3.8) is 0 Å². The number of hydrogen-bond donors (Lipinski definition) is 2. The number of hydrogen-bond acceptors (Lipinski definition) is 3. The largest absolute Gasteiger partial charge is 0.385 e. The second-order valence-electron chi connectivity index (χ2n) is 7.61. The summed E-state index contributed by atoms with van der Waals surface area (Å²) in [6.07, 6.45) is 5.10. The molecule has 4 rings (SSSR count). The van der Waals surface area contributed by atoms with Gasteiger partial charge in [0.25, 0.3) is 0 Å². The van der Waals surface area contributed by atoms with Gasteiger partial charge in [0, 0.05) is 60.5 Å². The summed E-state index contributed by atoms with van der Waals surface area (Å²) in [4.78, 5) is 10.2. The first-order valence-corrected chi connectivity index (χ1v) is 8.88. The van der Waals surface area contributed by atoms with E-state index in [1.807, 2.05) is 19.1 Å². The topological polar surface area (TPSA) is 52.2 Å². The molecule has 1 atom stereocenters. The fraction of sp³-hybridized carbons (Fsp3) is 0.381. The summed E-state index contributed by atoms with van der Waals surface area (Å²) >= 11 is 0. The average molecular weight is 335 g/mol. The Morgan fingerprint density at radius 2 is 2.20 bits per heavy atom. The second kappa shape index (κ2) is 5.97. The number of likely N-dealkylation sites (N-methyl/N-ethyl adjacent to an activating group) is 1. The third-order valence-corrected chi connectivity index (χ3v) is 5.32. The summed E-state index contributed by atoms with van der Waals surface area (Å²) in [5, 5.41) is 12.4. The van der Waals surface area contributed by atoms with Crippen molar-refractivity contribution in [3.05, 3.63) is 64.6 Å². The molecule has 4 heteroatoms. The Morgan fingerprint density at radius 1 is 1.36 bits per heavy atom. The Labute approximate surface area is 148 Å². The van der Waals surface area contributed by atoms with Crippen LogP contribution in [0.3, 0.4) is 0 Å². The van der Waals surface area contributed by atoms with Gasteiger partial charge in [-0.15, -0.1) is 0 Å². The number of fused-ring (bicyclic) bond motifs is 3. The molecule has 1 unspecified atom stereocenters. The smallest absolute Gasteiger partial charge is 0.0924 e. The highest BCUT2D eigenvalue weighted by molar-refractivity contribution is 5.88. The Balaban J connectivity index is 1.80. The highest BCUT2D eigenvalue weighted by Gasteiger charge is 2.27. The van der Waals surface area contributed by atoms with Gasteiger partial charge in [-0.3, -0.25) is 4.98 Å². The summed E-state index contributed by atoms with van der Waals surface area (Å²) in [6, 6.07) is 8.28. The predicted molar refractivity (Wildman–Crippen MR) is 101 cm³/mol. The van der Waals surface area contributed by atoms with Crippen LogP contribution in [0.5, 0.6) is 0 Å². The zero-order valence-electron chi connectivity index (χ0n) is 15.1. The van der Waals surface area contributed by atoms with Crippen molar-refractivity contribution >= 4 is 10.9 Å². The van der Waals surface area contributed by atoms with Gasteiger partial charge in [0.05, 0.1) is 5.60 Å². The Hall–Kier alpha value is -2.17. The van der Waals surface area contributed by atoms with Crippen LogP contribution >= 0.6 is 0 Å². The fourth-order valence-electron chi connectivity index (χ4n) is 3.98. The van der Waals surface area contributed by atoms with Crippen molar-refractivity contribution < 1.29 is 5.11 Å². The van der Waals surface area contributed by atoms with E-state index in [0.29, 0.717) is 6.42 Å². The minimum atomic E-state index is -0.947. The van der Waals surface area contributed by atoms with Gasteiger partial charge in [-0.1, -0.05) is 17.7 Å². The SMILES string of the molecule is Cc1cc(CC(C)(O)c2cccnc2)c2[nH]c3c(c2c1)CN(C)CC3. The molecule has 4 nitrogen and oxygen atoms in total. The zero-order valence-corrected chi connectivity index (χ0v) is 15.1. The highest BCUT2D eigenvalue weighted by Crippen LogP contribution is 2.33. The quantitative estimate of drug-likeness (QED) is 0.772. The summed E-state index contributed by atoms with van der Waals surface area (Å²) in [5.41, 5.74) is 6.24. The van der Waals surface area contributed by atoms with Crippen LogP contribution in [0.4, 0.5) is 0 Å². The molecule has 0 radical (unpaired) electrons. The van der Waals surface area contributed by atoms with E-state index in [4.69, 9.17) is 0 Å². The molecule has 2 N–H and O–H groups in total. The van der Waals surface area contributed by atoms with Crippen molar-refractivity contribution in [1.29, 1.82) is 0 Å². The molecule has 0 fully saturated rings. The van der Waals surface area contributed by atoms with Gasteiger partial charge in [-0.2, -0.15) is 0 Å². The van der Waals surface area contributed by atoms with Crippen LogP contribution in [0.2, 0.25) is 0 Å². The first kappa shape index (κ1) is 16.3. The third kappa shape index (κ3) is 2.96. The van der Waals surface area contributed by atoms with Gasteiger partial charge in [0.2, 0.25) is 0 Å². The Bertz CT molecular complexity index is 912. The minimum absolute atomic E-state index is 0.562. The minimum Gasteiger partial charge on any atom is -0.385 e. The molecular weight excluding hydrogens is 310 g/mol. The summed E-state index contributed by atoms with van der Waals surface area (Å²) in [6.45, 7) is 6.07. The first-order chi connectivity index (χ1) is 11.9. The molecular formula is C21H25N3O. The number of benzene rings is 1. The predicted octanol–water partition coefficient (Wildman–Crippen LogP) is 3.31. The van der Waals surface area contributed by atoms with Gasteiger partial charge in [-0.25, -0.2) is 0 Å². The van der Waals surface area contributed by atoms with Gasteiger partial charge in [-0.05, 0) is 44.2 Å². The molecule has 1 aliphatic heterocycles. The van der Waals surface area contributed by atoms with E-state index in [9.17, 15) is 5.11 Å². The van der Waals surface area contributed by atoms with Gasteiger partial charge < -0.3 is 15.0 Å². The lowest BCUT2D eigenvalue weighted by atomic mass is 9.88. The van der Waals surface area contributed by atoms with Crippen molar-refractivity contribution in [2.75, 3.05) is 13.6 Å². The lowest BCUT2D eigenvalue weighted by Gasteiger charge is -2.24. The number of aromatic amines is 1. The van der Waals surface area contributed by atoms with Crippen LogP contribution in [-0.2, 0) is 25.0 Å². The summed E-state index contributed by atoms with van der Waals surface area (Å²) in [5.74, 6) is 0. The molecule has 1 aromatic carbocycles. The van der Waals surface area contributed by atoms with Crippen molar-refractivity contribution in [3.8, 4) is 0 Å². The maximum atomic E-state index is 11.1. The van der Waals surface area contributed by atoms with Crippen LogP contribution in [0.25, 0.3) is 10.9 Å². The highest BCUT2D eigenvalue weighted by atomic mass is 16.3. The number of rotatable bonds is 3. The molecule has 0 spiro atoms. The van der Waals surface area contributed by atoms with Gasteiger partial charge in [0.1, 0.15) is 0 Å². The molecule has 0 saturated heterocycles. The summed E-state index contributed by atoms with van der Waals surface area (Å²) < 4.78 is 0. The average Bonchev–Trinajstić information content (AvgIpc) is 2.93. The monoisotopic (exact) mass is 335 g/mol. The fourth-order valence-corrected chi connectivity index (χ4v) is 3.98. The number of nitrogens with one attached hydrogen (secondary N) is 1. The molecule has 3 aromatic rings. The van der Waals surface area contributed by atoms with Crippen molar-refractivity contribution in [2.45, 2.75) is 38.8 Å². The number of aromatic nitrogens is 2. The van der Waals surface area contributed by atoms with E-state index in [2.05, 4.69) is 41.0 Å². The maximum Gasteiger partial charge on any atom is 0.0924 e. The lowest BCUT2D eigenvalue weighted by molar-refractivity contribution is 0.0575. The van der Waals surface area contributed by atoms with Crippen LogP contribution < -0.4 is 0 Å². The molecule has 130 valence electrons. The third-order valence-electron chi connectivity index (χ3n) is 5.32. The summed E-state index contributed by atoms with van der Waals surface area (Å²) in [7, 11) is 2.17. The van der Waals surface area contributed by atoms with Crippen LogP contribution in [0.1, 0.15) is 34.9 Å². The van der Waals surface area contributed by atoms with Crippen molar-refractivity contribution in [2.24, 2.45) is 0 Å². The molecule has 0 bridgehead atoms. The molecule has 2 aromatic heterocycles. The number of nitrogens with zero attached hydrogens (tertiary/aromatic N) is 2. The molecule has 1 aliphatic rings. The first-order valence-electron chi connectivity index (χ1n) is 8.88. The number of H-pyrrole nitrogens is 1. The van der Waals surface area contributed by atoms with Crippen molar-refractivity contribution in [1.82, 2.24) is 14.9 Å². The van der Waals surface area contributed by atoms with E-state index >= 15 is 0 Å². The molecule has 0 aliphatic carbocycles. The lowest BCUT2D eigenvalue weighted by Crippen LogP contribution is -2.25. The number of aryl methyl sites for hydroxylation is 1. The van der Waals surface area contributed by atoms with E-state index < -0.39 is 5.60 Å². The second-order valence-corrected chi connectivity index (χ2v) is 7.61. The van der Waals surface area contributed by atoms with E-state index in [1.54, 1.807) is 12.4 Å². The molecule has 3 heterocycles. The van der Waals surface area contributed by atoms with E-state index in [1.165, 1.54) is 33.3 Å².